The van der Waals surface area contributed by atoms with Crippen LogP contribution in [0.2, 0.25) is 5.02 Å². The molecule has 1 atom stereocenters. The summed E-state index contributed by atoms with van der Waals surface area (Å²) < 4.78 is 0.834. The molecule has 1 amide bonds. The molecular formula is C13H11BrClNOS. The molecule has 1 heterocycles. The Bertz CT molecular complexity index is 556. The number of rotatable bonds is 3. The Hall–Kier alpha value is -0.840. The lowest BCUT2D eigenvalue weighted by Crippen LogP contribution is -2.26. The maximum absolute atomic E-state index is 12.1. The summed E-state index contributed by atoms with van der Waals surface area (Å²) in [6.07, 6.45) is 0. The molecule has 0 saturated carbocycles. The first-order valence-electron chi connectivity index (χ1n) is 5.37. The largest absolute Gasteiger partial charge is 0.345 e. The molecule has 0 bridgehead atoms. The van der Waals surface area contributed by atoms with Crippen LogP contribution in [0.15, 0.2) is 40.2 Å². The molecule has 0 aliphatic rings. The van der Waals surface area contributed by atoms with Gasteiger partial charge in [-0.1, -0.05) is 33.6 Å². The SMILES string of the molecule is C[C@H](NC(=O)c1cc(Br)ccc1Cl)c1cccs1. The molecule has 2 rings (SSSR count). The minimum atomic E-state index is -0.165. The summed E-state index contributed by atoms with van der Waals surface area (Å²) in [5.74, 6) is -0.165. The van der Waals surface area contributed by atoms with Crippen LogP contribution in [0.5, 0.6) is 0 Å². The highest BCUT2D eigenvalue weighted by atomic mass is 79.9. The Labute approximate surface area is 123 Å². The van der Waals surface area contributed by atoms with Gasteiger partial charge in [0.2, 0.25) is 0 Å². The molecule has 2 nitrogen and oxygen atoms in total. The molecule has 0 unspecified atom stereocenters. The van der Waals surface area contributed by atoms with Gasteiger partial charge < -0.3 is 5.32 Å². The van der Waals surface area contributed by atoms with Gasteiger partial charge in [0.05, 0.1) is 16.6 Å². The summed E-state index contributed by atoms with van der Waals surface area (Å²) in [6, 6.07) is 9.18. The van der Waals surface area contributed by atoms with E-state index in [9.17, 15) is 4.79 Å². The summed E-state index contributed by atoms with van der Waals surface area (Å²) in [6.45, 7) is 1.95. The van der Waals surface area contributed by atoms with Crippen LogP contribution in [0.1, 0.15) is 28.2 Å². The predicted molar refractivity (Wildman–Crippen MR) is 79.4 cm³/mol. The Morgan fingerprint density at radius 2 is 2.22 bits per heavy atom. The average Bonchev–Trinajstić information content (AvgIpc) is 2.85. The minimum Gasteiger partial charge on any atom is -0.345 e. The van der Waals surface area contributed by atoms with Gasteiger partial charge in [-0.2, -0.15) is 0 Å². The van der Waals surface area contributed by atoms with Crippen LogP contribution < -0.4 is 5.32 Å². The first-order chi connectivity index (χ1) is 8.58. The van der Waals surface area contributed by atoms with Crippen molar-refractivity contribution in [1.82, 2.24) is 5.32 Å². The van der Waals surface area contributed by atoms with Gasteiger partial charge in [-0.3, -0.25) is 4.79 Å². The van der Waals surface area contributed by atoms with E-state index in [1.165, 1.54) is 0 Å². The van der Waals surface area contributed by atoms with E-state index in [1.807, 2.05) is 30.5 Å². The summed E-state index contributed by atoms with van der Waals surface area (Å²) in [4.78, 5) is 13.2. The predicted octanol–water partition coefficient (Wildman–Crippen LogP) is 4.66. The second-order valence-electron chi connectivity index (χ2n) is 3.83. The minimum absolute atomic E-state index is 0.0208. The van der Waals surface area contributed by atoms with Crippen molar-refractivity contribution in [2.24, 2.45) is 0 Å². The van der Waals surface area contributed by atoms with Crippen LogP contribution in [-0.4, -0.2) is 5.91 Å². The molecule has 0 saturated heterocycles. The lowest BCUT2D eigenvalue weighted by molar-refractivity contribution is 0.0940. The van der Waals surface area contributed by atoms with Crippen LogP contribution in [-0.2, 0) is 0 Å². The fourth-order valence-electron chi connectivity index (χ4n) is 1.55. The number of thiophene rings is 1. The summed E-state index contributed by atoms with van der Waals surface area (Å²) in [5.41, 5.74) is 0.481. The van der Waals surface area contributed by atoms with Gasteiger partial charge in [0.15, 0.2) is 0 Å². The molecule has 1 aromatic heterocycles. The summed E-state index contributed by atoms with van der Waals surface area (Å²) in [7, 11) is 0. The Balaban J connectivity index is 2.15. The summed E-state index contributed by atoms with van der Waals surface area (Å²) >= 11 is 11.0. The van der Waals surface area contributed by atoms with Gasteiger partial charge in [0, 0.05) is 9.35 Å². The van der Waals surface area contributed by atoms with Crippen molar-refractivity contribution >= 4 is 44.8 Å². The first kappa shape index (κ1) is 13.6. The lowest BCUT2D eigenvalue weighted by Gasteiger charge is -2.13. The second-order valence-corrected chi connectivity index (χ2v) is 6.14. The molecule has 1 aromatic carbocycles. The van der Waals surface area contributed by atoms with Gasteiger partial charge in [-0.15, -0.1) is 11.3 Å². The molecule has 18 heavy (non-hydrogen) atoms. The number of halogens is 2. The van der Waals surface area contributed by atoms with Crippen molar-refractivity contribution in [3.8, 4) is 0 Å². The van der Waals surface area contributed by atoms with Crippen molar-refractivity contribution in [3.05, 3.63) is 55.6 Å². The quantitative estimate of drug-likeness (QED) is 0.862. The molecule has 0 radical (unpaired) electrons. The number of nitrogens with one attached hydrogen (secondary N) is 1. The number of hydrogen-bond donors (Lipinski definition) is 1. The van der Waals surface area contributed by atoms with Crippen molar-refractivity contribution in [1.29, 1.82) is 0 Å². The zero-order valence-corrected chi connectivity index (χ0v) is 12.8. The Morgan fingerprint density at radius 1 is 1.44 bits per heavy atom. The highest BCUT2D eigenvalue weighted by Gasteiger charge is 2.15. The van der Waals surface area contributed by atoms with E-state index in [0.717, 1.165) is 9.35 Å². The third-order valence-corrected chi connectivity index (χ3v) is 4.37. The molecule has 5 heteroatoms. The highest BCUT2D eigenvalue weighted by Crippen LogP contribution is 2.23. The maximum atomic E-state index is 12.1. The van der Waals surface area contributed by atoms with Crippen molar-refractivity contribution in [3.63, 3.8) is 0 Å². The molecule has 94 valence electrons. The zero-order valence-electron chi connectivity index (χ0n) is 9.61. The monoisotopic (exact) mass is 343 g/mol. The molecule has 1 N–H and O–H groups in total. The number of benzene rings is 1. The van der Waals surface area contributed by atoms with Gasteiger partial charge in [0.1, 0.15) is 0 Å². The van der Waals surface area contributed by atoms with E-state index in [1.54, 1.807) is 23.5 Å². The number of carbonyl (C=O) groups excluding carboxylic acids is 1. The molecule has 2 aromatic rings. The zero-order chi connectivity index (χ0) is 13.1. The topological polar surface area (TPSA) is 29.1 Å². The van der Waals surface area contributed by atoms with E-state index < -0.39 is 0 Å². The van der Waals surface area contributed by atoms with Gasteiger partial charge >= 0.3 is 0 Å². The third kappa shape index (κ3) is 3.13. The molecular weight excluding hydrogens is 334 g/mol. The number of amides is 1. The van der Waals surface area contributed by atoms with Crippen LogP contribution in [0.3, 0.4) is 0 Å². The normalized spacial score (nSPS) is 12.2. The molecule has 0 spiro atoms. The van der Waals surface area contributed by atoms with Gasteiger partial charge in [-0.25, -0.2) is 0 Å². The van der Waals surface area contributed by atoms with Gasteiger partial charge in [-0.05, 0) is 36.6 Å². The Morgan fingerprint density at radius 3 is 2.89 bits per heavy atom. The molecule has 0 fully saturated rings. The van der Waals surface area contributed by atoms with Crippen LogP contribution in [0.25, 0.3) is 0 Å². The van der Waals surface area contributed by atoms with E-state index >= 15 is 0 Å². The number of hydrogen-bond acceptors (Lipinski definition) is 2. The van der Waals surface area contributed by atoms with Crippen LogP contribution in [0, 0.1) is 0 Å². The van der Waals surface area contributed by atoms with E-state index in [2.05, 4.69) is 21.2 Å². The average molecular weight is 345 g/mol. The smallest absolute Gasteiger partial charge is 0.253 e. The molecule has 0 aliphatic carbocycles. The standard InChI is InChI=1S/C13H11BrClNOS/c1-8(12-3-2-6-18-12)16-13(17)10-7-9(14)4-5-11(10)15/h2-8H,1H3,(H,16,17)/t8-/m0/s1. The first-order valence-corrected chi connectivity index (χ1v) is 7.42. The van der Waals surface area contributed by atoms with E-state index in [0.29, 0.717) is 10.6 Å². The maximum Gasteiger partial charge on any atom is 0.253 e. The fourth-order valence-corrected chi connectivity index (χ4v) is 2.85. The third-order valence-electron chi connectivity index (χ3n) is 2.49. The number of carbonyl (C=O) groups is 1. The van der Waals surface area contributed by atoms with Gasteiger partial charge in [0.25, 0.3) is 5.91 Å². The highest BCUT2D eigenvalue weighted by molar-refractivity contribution is 9.10. The van der Waals surface area contributed by atoms with E-state index in [-0.39, 0.29) is 11.9 Å². The molecule has 0 aliphatic heterocycles. The lowest BCUT2D eigenvalue weighted by atomic mass is 10.2. The Kier molecular flexibility index (Phi) is 4.43. The second kappa shape index (κ2) is 5.87. The van der Waals surface area contributed by atoms with Crippen molar-refractivity contribution < 1.29 is 4.79 Å². The van der Waals surface area contributed by atoms with E-state index in [4.69, 9.17) is 11.6 Å². The van der Waals surface area contributed by atoms with Crippen LogP contribution >= 0.6 is 38.9 Å². The fraction of sp³-hybridized carbons (Fsp3) is 0.154. The summed E-state index contributed by atoms with van der Waals surface area (Å²) in [5, 5.41) is 5.38. The van der Waals surface area contributed by atoms with Crippen LogP contribution in [0.4, 0.5) is 0 Å². The van der Waals surface area contributed by atoms with Crippen molar-refractivity contribution in [2.75, 3.05) is 0 Å². The van der Waals surface area contributed by atoms with Crippen molar-refractivity contribution in [2.45, 2.75) is 13.0 Å².